The molecule has 1 N–H and O–H groups in total. The number of hydrogen-bond donors (Lipinski definition) is 1. The first-order valence-electron chi connectivity index (χ1n) is 11.4. The van der Waals surface area contributed by atoms with Crippen LogP contribution >= 0.6 is 11.8 Å². The second kappa shape index (κ2) is 10.2. The number of carbonyl (C=O) groups is 1. The van der Waals surface area contributed by atoms with E-state index in [0.29, 0.717) is 34.6 Å². The average molecular weight is 476 g/mol. The van der Waals surface area contributed by atoms with E-state index in [1.54, 1.807) is 18.3 Å². The third-order valence-electron chi connectivity index (χ3n) is 6.03. The summed E-state index contributed by atoms with van der Waals surface area (Å²) in [5.41, 5.74) is 1.41. The van der Waals surface area contributed by atoms with E-state index in [4.69, 9.17) is 4.42 Å². The molecular formula is C25H25N5O3S. The van der Waals surface area contributed by atoms with Crippen LogP contribution in [-0.2, 0) is 4.79 Å². The number of pyridine rings is 1. The number of thioether (sulfide) groups is 1. The number of nitrogens with one attached hydrogen (secondary N) is 1. The summed E-state index contributed by atoms with van der Waals surface area (Å²) in [6.07, 6.45) is 5.65. The smallest absolute Gasteiger partial charge is 0.258 e. The Morgan fingerprint density at radius 2 is 1.85 bits per heavy atom. The largest absolute Gasteiger partial charge is 0.420 e. The highest BCUT2D eigenvalue weighted by atomic mass is 32.2. The van der Waals surface area contributed by atoms with E-state index in [1.165, 1.54) is 22.2 Å². The van der Waals surface area contributed by atoms with Gasteiger partial charge in [-0.2, -0.15) is 0 Å². The number of hydrogen-bond acceptors (Lipinski definition) is 7. The number of aromatic nitrogens is 4. The maximum absolute atomic E-state index is 12.4. The van der Waals surface area contributed by atoms with Crippen molar-refractivity contribution in [1.29, 1.82) is 0 Å². The number of amides is 1. The highest BCUT2D eigenvalue weighted by Crippen LogP contribution is 2.33. The molecule has 3 aromatic heterocycles. The first-order valence-corrected chi connectivity index (χ1v) is 12.4. The van der Waals surface area contributed by atoms with Gasteiger partial charge in [-0.05, 0) is 49.9 Å². The fourth-order valence-electron chi connectivity index (χ4n) is 4.24. The number of fused-ring (bicyclic) bond motifs is 1. The van der Waals surface area contributed by atoms with E-state index in [0.717, 1.165) is 31.2 Å². The molecule has 3 heterocycles. The van der Waals surface area contributed by atoms with E-state index < -0.39 is 0 Å². The molecule has 1 aliphatic rings. The Labute approximate surface area is 200 Å². The molecule has 34 heavy (non-hydrogen) atoms. The Morgan fingerprint density at radius 1 is 1.06 bits per heavy atom. The second-order valence-electron chi connectivity index (χ2n) is 8.39. The quantitative estimate of drug-likeness (QED) is 0.317. The van der Waals surface area contributed by atoms with Crippen LogP contribution in [0.5, 0.6) is 0 Å². The normalized spacial score (nSPS) is 18.1. The Hall–Kier alpha value is -3.46. The van der Waals surface area contributed by atoms with Crippen molar-refractivity contribution in [2.45, 2.75) is 49.1 Å². The van der Waals surface area contributed by atoms with Crippen LogP contribution in [0, 0.1) is 0 Å². The molecule has 8 nitrogen and oxygen atoms in total. The van der Waals surface area contributed by atoms with Crippen molar-refractivity contribution in [1.82, 2.24) is 24.9 Å². The van der Waals surface area contributed by atoms with E-state index in [1.807, 2.05) is 36.4 Å². The fourth-order valence-corrected chi connectivity index (χ4v) is 5.07. The summed E-state index contributed by atoms with van der Waals surface area (Å²) in [6.45, 7) is 0. The molecule has 1 fully saturated rings. The minimum Gasteiger partial charge on any atom is -0.420 e. The lowest BCUT2D eigenvalue weighted by molar-refractivity contribution is -0.121. The van der Waals surface area contributed by atoms with Crippen LogP contribution in [0.2, 0.25) is 0 Å². The molecule has 1 aliphatic carbocycles. The van der Waals surface area contributed by atoms with Crippen molar-refractivity contribution in [3.8, 4) is 11.5 Å². The minimum absolute atomic E-state index is 0.0256. The zero-order valence-electron chi connectivity index (χ0n) is 18.6. The van der Waals surface area contributed by atoms with Crippen LogP contribution in [0.15, 0.2) is 75.0 Å². The van der Waals surface area contributed by atoms with E-state index >= 15 is 0 Å². The van der Waals surface area contributed by atoms with E-state index in [2.05, 4.69) is 20.5 Å². The molecule has 4 aromatic rings. The van der Waals surface area contributed by atoms with Crippen LogP contribution in [0.4, 0.5) is 0 Å². The number of nitrogens with zero attached hydrogens (tertiary/aromatic N) is 4. The van der Waals surface area contributed by atoms with Gasteiger partial charge in [0.15, 0.2) is 0 Å². The summed E-state index contributed by atoms with van der Waals surface area (Å²) in [4.78, 5) is 29.1. The van der Waals surface area contributed by atoms with Gasteiger partial charge < -0.3 is 9.73 Å². The summed E-state index contributed by atoms with van der Waals surface area (Å²) in [6, 6.07) is 16.9. The third kappa shape index (κ3) is 5.20. The predicted molar refractivity (Wildman–Crippen MR) is 130 cm³/mol. The van der Waals surface area contributed by atoms with Gasteiger partial charge in [0.1, 0.15) is 10.7 Å². The predicted octanol–water partition coefficient (Wildman–Crippen LogP) is 4.07. The highest BCUT2D eigenvalue weighted by Gasteiger charge is 2.27. The number of carbonyl (C=O) groups excluding carboxylic acids is 1. The second-order valence-corrected chi connectivity index (χ2v) is 9.50. The van der Waals surface area contributed by atoms with Gasteiger partial charge in [-0.1, -0.05) is 24.3 Å². The molecule has 0 saturated heterocycles. The SMILES string of the molecule is O=C(CCSc1cc(=O)n2ccccc2n1)NC1CCC(c2nnc(-c3ccccc3)o2)CC1. The van der Waals surface area contributed by atoms with Crippen LogP contribution < -0.4 is 10.9 Å². The van der Waals surface area contributed by atoms with Gasteiger partial charge in [0, 0.05) is 42.0 Å². The summed E-state index contributed by atoms with van der Waals surface area (Å²) < 4.78 is 7.42. The minimum atomic E-state index is -0.119. The monoisotopic (exact) mass is 475 g/mol. The molecule has 1 amide bonds. The summed E-state index contributed by atoms with van der Waals surface area (Å²) >= 11 is 1.43. The van der Waals surface area contributed by atoms with E-state index in [9.17, 15) is 9.59 Å². The zero-order chi connectivity index (χ0) is 23.3. The van der Waals surface area contributed by atoms with Crippen molar-refractivity contribution in [3.05, 3.63) is 77.0 Å². The molecular weight excluding hydrogens is 450 g/mol. The van der Waals surface area contributed by atoms with Gasteiger partial charge in [-0.3, -0.25) is 14.0 Å². The Bertz CT molecular complexity index is 1330. The molecule has 0 radical (unpaired) electrons. The molecule has 0 bridgehead atoms. The highest BCUT2D eigenvalue weighted by molar-refractivity contribution is 7.99. The molecule has 1 saturated carbocycles. The van der Waals surface area contributed by atoms with Crippen LogP contribution in [0.3, 0.4) is 0 Å². The summed E-state index contributed by atoms with van der Waals surface area (Å²) in [5, 5.41) is 12.2. The van der Waals surface area contributed by atoms with Crippen LogP contribution in [-0.4, -0.2) is 37.3 Å². The lowest BCUT2D eigenvalue weighted by Crippen LogP contribution is -2.37. The van der Waals surface area contributed by atoms with Crippen molar-refractivity contribution in [2.24, 2.45) is 0 Å². The average Bonchev–Trinajstić information content (AvgIpc) is 3.36. The van der Waals surface area contributed by atoms with Crippen molar-refractivity contribution >= 4 is 23.3 Å². The van der Waals surface area contributed by atoms with Gasteiger partial charge in [0.2, 0.25) is 17.7 Å². The Kier molecular flexibility index (Phi) is 6.71. The fraction of sp³-hybridized carbons (Fsp3) is 0.320. The molecule has 9 heteroatoms. The summed E-state index contributed by atoms with van der Waals surface area (Å²) in [7, 11) is 0. The van der Waals surface area contributed by atoms with Crippen molar-refractivity contribution < 1.29 is 9.21 Å². The number of rotatable bonds is 7. The first kappa shape index (κ1) is 22.3. The molecule has 0 spiro atoms. The molecule has 5 rings (SSSR count). The van der Waals surface area contributed by atoms with Gasteiger partial charge >= 0.3 is 0 Å². The topological polar surface area (TPSA) is 102 Å². The summed E-state index contributed by atoms with van der Waals surface area (Å²) in [5.74, 6) is 2.05. The standard InChI is InChI=1S/C25H25N5O3S/c31-21(13-15-34-22-16-23(32)30-14-5-4-8-20(30)27-22)26-19-11-9-18(10-12-19)25-29-28-24(33-25)17-6-2-1-3-7-17/h1-8,14,16,18-19H,9-13,15H2,(H,26,31). The lowest BCUT2D eigenvalue weighted by Gasteiger charge is -2.27. The van der Waals surface area contributed by atoms with Gasteiger partial charge in [-0.15, -0.1) is 22.0 Å². The zero-order valence-corrected chi connectivity index (χ0v) is 19.4. The molecule has 0 unspecified atom stereocenters. The maximum Gasteiger partial charge on any atom is 0.258 e. The van der Waals surface area contributed by atoms with Crippen molar-refractivity contribution in [2.75, 3.05) is 5.75 Å². The first-order chi connectivity index (χ1) is 16.7. The van der Waals surface area contributed by atoms with Crippen LogP contribution in [0.1, 0.15) is 43.9 Å². The molecule has 174 valence electrons. The lowest BCUT2D eigenvalue weighted by atomic mass is 9.86. The molecule has 1 aromatic carbocycles. The molecule has 0 atom stereocenters. The third-order valence-corrected chi connectivity index (χ3v) is 6.94. The Balaban J connectivity index is 1.07. The Morgan fingerprint density at radius 3 is 2.68 bits per heavy atom. The van der Waals surface area contributed by atoms with Crippen molar-refractivity contribution in [3.63, 3.8) is 0 Å². The maximum atomic E-state index is 12.4. The van der Waals surface area contributed by atoms with E-state index in [-0.39, 0.29) is 23.4 Å². The van der Waals surface area contributed by atoms with Crippen LogP contribution in [0.25, 0.3) is 17.1 Å². The van der Waals surface area contributed by atoms with Gasteiger partial charge in [-0.25, -0.2) is 4.98 Å². The van der Waals surface area contributed by atoms with Gasteiger partial charge in [0.25, 0.3) is 5.56 Å². The number of benzene rings is 1. The molecule has 0 aliphatic heterocycles. The van der Waals surface area contributed by atoms with Gasteiger partial charge in [0.05, 0.1) is 0 Å².